The van der Waals surface area contributed by atoms with Crippen LogP contribution >= 0.6 is 15.9 Å². The number of nitrogens with zero attached hydrogens (tertiary/aromatic N) is 1. The van der Waals surface area contributed by atoms with E-state index in [1.54, 1.807) is 0 Å². The first-order chi connectivity index (χ1) is 6.04. The molecule has 0 aromatic heterocycles. The van der Waals surface area contributed by atoms with Crippen molar-refractivity contribution in [1.29, 1.82) is 0 Å². The molecule has 2 N–H and O–H groups in total. The van der Waals surface area contributed by atoms with Gasteiger partial charge in [-0.25, -0.2) is 0 Å². The zero-order chi connectivity index (χ0) is 10.0. The number of carbonyl (C=O) groups is 1. The summed E-state index contributed by atoms with van der Waals surface area (Å²) in [6.07, 6.45) is 0. The summed E-state index contributed by atoms with van der Waals surface area (Å²) >= 11 is 2.94. The van der Waals surface area contributed by atoms with Crippen molar-refractivity contribution < 1.29 is 9.72 Å². The van der Waals surface area contributed by atoms with Gasteiger partial charge in [-0.15, -0.1) is 0 Å². The van der Waals surface area contributed by atoms with E-state index in [9.17, 15) is 14.9 Å². The maximum atomic E-state index is 10.8. The van der Waals surface area contributed by atoms with Crippen LogP contribution in [0.2, 0.25) is 0 Å². The molecule has 0 aliphatic heterocycles. The normalized spacial score (nSPS) is 9.62. The number of nitro groups is 1. The average molecular weight is 245 g/mol. The zero-order valence-corrected chi connectivity index (χ0v) is 7.95. The van der Waals surface area contributed by atoms with Crippen LogP contribution in [0.25, 0.3) is 0 Å². The Balaban J connectivity index is 3.35. The van der Waals surface area contributed by atoms with Gasteiger partial charge in [0.25, 0.3) is 5.69 Å². The number of benzene rings is 1. The Hall–Kier alpha value is -1.43. The van der Waals surface area contributed by atoms with Gasteiger partial charge in [0.1, 0.15) is 4.47 Å². The summed E-state index contributed by atoms with van der Waals surface area (Å²) in [6.45, 7) is 0. The van der Waals surface area contributed by atoms with Crippen molar-refractivity contribution in [2.24, 2.45) is 5.73 Å². The van der Waals surface area contributed by atoms with E-state index >= 15 is 0 Å². The fourth-order valence-electron chi connectivity index (χ4n) is 0.851. The topological polar surface area (TPSA) is 86.2 Å². The van der Waals surface area contributed by atoms with E-state index < -0.39 is 10.8 Å². The van der Waals surface area contributed by atoms with Crippen molar-refractivity contribution in [3.05, 3.63) is 38.3 Å². The first-order valence-electron chi connectivity index (χ1n) is 3.26. The molecule has 1 amide bonds. The highest BCUT2D eigenvalue weighted by molar-refractivity contribution is 9.10. The van der Waals surface area contributed by atoms with Gasteiger partial charge in [-0.1, -0.05) is 6.07 Å². The summed E-state index contributed by atoms with van der Waals surface area (Å²) in [5.41, 5.74) is 4.93. The number of hydrogen-bond donors (Lipinski definition) is 1. The Morgan fingerprint density at radius 2 is 2.15 bits per heavy atom. The van der Waals surface area contributed by atoms with Gasteiger partial charge in [0.05, 0.1) is 10.5 Å². The largest absolute Gasteiger partial charge is 0.366 e. The van der Waals surface area contributed by atoms with Crippen LogP contribution in [0, 0.1) is 10.1 Å². The molecule has 0 spiro atoms. The van der Waals surface area contributed by atoms with Crippen LogP contribution in [0.4, 0.5) is 5.69 Å². The molecule has 0 aliphatic carbocycles. The molecule has 13 heavy (non-hydrogen) atoms. The van der Waals surface area contributed by atoms with Crippen LogP contribution in [0.15, 0.2) is 22.7 Å². The molecule has 1 rings (SSSR count). The highest BCUT2D eigenvalue weighted by atomic mass is 79.9. The van der Waals surface area contributed by atoms with Crippen molar-refractivity contribution in [3.8, 4) is 0 Å². The Bertz CT molecular complexity index is 346. The van der Waals surface area contributed by atoms with Gasteiger partial charge >= 0.3 is 0 Å². The molecule has 0 heterocycles. The third-order valence-electron chi connectivity index (χ3n) is 1.44. The molecule has 1 aromatic carbocycles. The number of rotatable bonds is 2. The Kier molecular flexibility index (Phi) is 2.62. The highest BCUT2D eigenvalue weighted by Crippen LogP contribution is 2.27. The van der Waals surface area contributed by atoms with Crippen molar-refractivity contribution in [1.82, 2.24) is 0 Å². The number of primary amides is 1. The van der Waals surface area contributed by atoms with Crippen molar-refractivity contribution in [3.63, 3.8) is 0 Å². The third-order valence-corrected chi connectivity index (χ3v) is 2.27. The Morgan fingerprint density at radius 3 is 2.62 bits per heavy atom. The number of halogens is 1. The van der Waals surface area contributed by atoms with Crippen LogP contribution in [-0.4, -0.2) is 10.8 Å². The van der Waals surface area contributed by atoms with E-state index in [4.69, 9.17) is 5.73 Å². The van der Waals surface area contributed by atoms with E-state index in [0.29, 0.717) is 0 Å². The monoisotopic (exact) mass is 244 g/mol. The summed E-state index contributed by atoms with van der Waals surface area (Å²) in [5.74, 6) is -0.699. The molecule has 0 bridgehead atoms. The molecular formula is C7H5BrN2O3. The number of amides is 1. The summed E-state index contributed by atoms with van der Waals surface area (Å²) in [6, 6.07) is 4.11. The molecule has 0 atom stereocenters. The molecule has 0 saturated carbocycles. The molecule has 5 nitrogen and oxygen atoms in total. The predicted octanol–water partition coefficient (Wildman–Crippen LogP) is 1.46. The highest BCUT2D eigenvalue weighted by Gasteiger charge is 2.17. The second kappa shape index (κ2) is 3.53. The summed E-state index contributed by atoms with van der Waals surface area (Å²) in [5, 5.41) is 10.4. The molecule has 0 fully saturated rings. The molecule has 6 heteroatoms. The number of nitrogens with two attached hydrogens (primary N) is 1. The van der Waals surface area contributed by atoms with Crippen molar-refractivity contribution in [2.75, 3.05) is 0 Å². The quantitative estimate of drug-likeness (QED) is 0.631. The van der Waals surface area contributed by atoms with Crippen LogP contribution in [0.1, 0.15) is 10.4 Å². The van der Waals surface area contributed by atoms with E-state index in [1.807, 2.05) is 0 Å². The molecular weight excluding hydrogens is 240 g/mol. The maximum absolute atomic E-state index is 10.8. The lowest BCUT2D eigenvalue weighted by atomic mass is 10.2. The fraction of sp³-hybridized carbons (Fsp3) is 0. The number of nitro benzene ring substituents is 1. The number of carbonyl (C=O) groups excluding carboxylic acids is 1. The Morgan fingerprint density at radius 1 is 1.54 bits per heavy atom. The Labute approximate surface area is 81.8 Å². The number of hydrogen-bond acceptors (Lipinski definition) is 3. The van der Waals surface area contributed by atoms with Gasteiger partial charge in [0, 0.05) is 6.07 Å². The minimum Gasteiger partial charge on any atom is -0.366 e. The van der Waals surface area contributed by atoms with Crippen LogP contribution < -0.4 is 5.73 Å². The maximum Gasteiger partial charge on any atom is 0.284 e. The van der Waals surface area contributed by atoms with Crippen molar-refractivity contribution in [2.45, 2.75) is 0 Å². The van der Waals surface area contributed by atoms with Crippen molar-refractivity contribution >= 4 is 27.5 Å². The second-order valence-corrected chi connectivity index (χ2v) is 3.05. The lowest BCUT2D eigenvalue weighted by molar-refractivity contribution is -0.385. The SMILES string of the molecule is NC(=O)c1cccc([N+](=O)[O-])c1Br. The zero-order valence-electron chi connectivity index (χ0n) is 6.36. The lowest BCUT2D eigenvalue weighted by Crippen LogP contribution is -2.12. The van der Waals surface area contributed by atoms with E-state index in [2.05, 4.69) is 15.9 Å². The minimum atomic E-state index is -0.699. The standard InChI is InChI=1S/C7H5BrN2O3/c8-6-4(7(9)11)2-1-3-5(6)10(12)13/h1-3H,(H2,9,11). The molecule has 68 valence electrons. The van der Waals surface area contributed by atoms with E-state index in [-0.39, 0.29) is 15.7 Å². The summed E-state index contributed by atoms with van der Waals surface area (Å²) in [4.78, 5) is 20.6. The molecule has 0 aliphatic rings. The van der Waals surface area contributed by atoms with Gasteiger partial charge in [-0.2, -0.15) is 0 Å². The summed E-state index contributed by atoms with van der Waals surface area (Å²) in [7, 11) is 0. The predicted molar refractivity (Wildman–Crippen MR) is 49.3 cm³/mol. The smallest absolute Gasteiger partial charge is 0.284 e. The van der Waals surface area contributed by atoms with E-state index in [0.717, 1.165) is 0 Å². The molecule has 0 unspecified atom stereocenters. The average Bonchev–Trinajstić information content (AvgIpc) is 2.03. The first-order valence-corrected chi connectivity index (χ1v) is 4.06. The molecule has 0 radical (unpaired) electrons. The van der Waals surface area contributed by atoms with Crippen LogP contribution in [0.5, 0.6) is 0 Å². The molecule has 0 saturated heterocycles. The third kappa shape index (κ3) is 1.83. The lowest BCUT2D eigenvalue weighted by Gasteiger charge is -1.99. The first kappa shape index (κ1) is 9.66. The fourth-order valence-corrected chi connectivity index (χ4v) is 1.46. The van der Waals surface area contributed by atoms with Crippen LogP contribution in [0.3, 0.4) is 0 Å². The van der Waals surface area contributed by atoms with Gasteiger partial charge in [0.15, 0.2) is 0 Å². The van der Waals surface area contributed by atoms with Gasteiger partial charge in [-0.05, 0) is 22.0 Å². The molecule has 1 aromatic rings. The second-order valence-electron chi connectivity index (χ2n) is 2.26. The van der Waals surface area contributed by atoms with Gasteiger partial charge in [0.2, 0.25) is 5.91 Å². The van der Waals surface area contributed by atoms with Gasteiger partial charge in [-0.3, -0.25) is 14.9 Å². The van der Waals surface area contributed by atoms with Gasteiger partial charge < -0.3 is 5.73 Å². The van der Waals surface area contributed by atoms with Crippen LogP contribution in [-0.2, 0) is 0 Å². The minimum absolute atomic E-state index is 0.106. The summed E-state index contributed by atoms with van der Waals surface area (Å²) < 4.78 is 0.118. The van der Waals surface area contributed by atoms with E-state index in [1.165, 1.54) is 18.2 Å².